The highest BCUT2D eigenvalue weighted by atomic mass is 16.3. The van der Waals surface area contributed by atoms with Gasteiger partial charge in [0.05, 0.1) is 12.7 Å². The van der Waals surface area contributed by atoms with Crippen LogP contribution in [0.25, 0.3) is 0 Å². The lowest BCUT2D eigenvalue weighted by molar-refractivity contribution is 0.0559. The first-order chi connectivity index (χ1) is 9.58. The molecule has 1 aliphatic heterocycles. The van der Waals surface area contributed by atoms with Crippen LogP contribution in [0, 0.1) is 0 Å². The van der Waals surface area contributed by atoms with Gasteiger partial charge in [-0.25, -0.2) is 9.97 Å². The number of anilines is 1. The Balaban J connectivity index is 1.82. The van der Waals surface area contributed by atoms with E-state index in [1.165, 1.54) is 0 Å². The number of rotatable bonds is 3. The lowest BCUT2D eigenvalue weighted by atomic mass is 10.0. The number of nitrogens with zero attached hydrogens (tertiary/aromatic N) is 5. The number of hydrogen-bond donors (Lipinski definition) is 2. The summed E-state index contributed by atoms with van der Waals surface area (Å²) in [4.78, 5) is 10.9. The first kappa shape index (κ1) is 13.0. The van der Waals surface area contributed by atoms with Gasteiger partial charge in [-0.15, -0.1) is 0 Å². The van der Waals surface area contributed by atoms with E-state index in [4.69, 9.17) is 0 Å². The molecular weight excluding hydrogens is 256 g/mol. The maximum Gasteiger partial charge on any atom is 0.133 e. The molecular formula is C13H18N6O. The van der Waals surface area contributed by atoms with Gasteiger partial charge in [-0.3, -0.25) is 0 Å². The highest BCUT2D eigenvalue weighted by molar-refractivity contribution is 5.41. The Morgan fingerprint density at radius 3 is 3.00 bits per heavy atom. The summed E-state index contributed by atoms with van der Waals surface area (Å²) < 4.78 is 0. The lowest BCUT2D eigenvalue weighted by Crippen LogP contribution is -2.31. The van der Waals surface area contributed by atoms with Gasteiger partial charge in [0.1, 0.15) is 22.9 Å². The molecule has 2 aromatic heterocycles. The minimum atomic E-state index is -0.962. The SMILES string of the molecule is CC(C)c1nccc(N2CCC(O)(c3cn[nH]n3)C2)n1. The van der Waals surface area contributed by atoms with Crippen molar-refractivity contribution in [2.24, 2.45) is 0 Å². The molecule has 2 aromatic rings. The van der Waals surface area contributed by atoms with Gasteiger partial charge < -0.3 is 10.0 Å². The van der Waals surface area contributed by atoms with Crippen LogP contribution in [0.1, 0.15) is 37.7 Å². The molecule has 1 aliphatic rings. The van der Waals surface area contributed by atoms with Crippen LogP contribution in [0.4, 0.5) is 5.82 Å². The Morgan fingerprint density at radius 1 is 1.45 bits per heavy atom. The van der Waals surface area contributed by atoms with Crippen molar-refractivity contribution in [3.8, 4) is 0 Å². The second-order valence-corrected chi connectivity index (χ2v) is 5.49. The second-order valence-electron chi connectivity index (χ2n) is 5.49. The van der Waals surface area contributed by atoms with Crippen molar-refractivity contribution in [1.29, 1.82) is 0 Å². The Labute approximate surface area is 117 Å². The highest BCUT2D eigenvalue weighted by Gasteiger charge is 2.40. The molecule has 1 atom stereocenters. The number of hydrogen-bond acceptors (Lipinski definition) is 6. The Bertz CT molecular complexity index is 584. The molecule has 2 N–H and O–H groups in total. The van der Waals surface area contributed by atoms with E-state index in [0.29, 0.717) is 18.7 Å². The van der Waals surface area contributed by atoms with E-state index in [0.717, 1.165) is 18.2 Å². The first-order valence-corrected chi connectivity index (χ1v) is 6.75. The smallest absolute Gasteiger partial charge is 0.133 e. The number of aromatic amines is 1. The topological polar surface area (TPSA) is 90.8 Å². The number of H-pyrrole nitrogens is 1. The van der Waals surface area contributed by atoms with E-state index in [1.807, 2.05) is 6.07 Å². The zero-order chi connectivity index (χ0) is 14.2. The molecule has 20 heavy (non-hydrogen) atoms. The van der Waals surface area contributed by atoms with E-state index in [9.17, 15) is 5.11 Å². The molecule has 1 saturated heterocycles. The summed E-state index contributed by atoms with van der Waals surface area (Å²) in [6.07, 6.45) is 3.95. The van der Waals surface area contributed by atoms with Crippen LogP contribution in [-0.4, -0.2) is 43.6 Å². The average Bonchev–Trinajstić information content (AvgIpc) is 3.09. The molecule has 0 bridgehead atoms. The molecule has 0 spiro atoms. The standard InChI is InChI=1S/C13H18N6O/c1-9(2)12-14-5-3-11(16-12)19-6-4-13(20,8-19)10-7-15-18-17-10/h3,5,7,9,20H,4,6,8H2,1-2H3,(H,15,17,18). The quantitative estimate of drug-likeness (QED) is 0.861. The van der Waals surface area contributed by atoms with Crippen LogP contribution in [0.2, 0.25) is 0 Å². The summed E-state index contributed by atoms with van der Waals surface area (Å²) in [6.45, 7) is 5.33. The molecule has 1 fully saturated rings. The predicted molar refractivity (Wildman–Crippen MR) is 73.2 cm³/mol. The molecule has 0 aliphatic carbocycles. The largest absolute Gasteiger partial charge is 0.381 e. The Kier molecular flexibility index (Phi) is 3.13. The van der Waals surface area contributed by atoms with Crippen LogP contribution in [0.15, 0.2) is 18.5 Å². The zero-order valence-electron chi connectivity index (χ0n) is 11.6. The summed E-state index contributed by atoms with van der Waals surface area (Å²) >= 11 is 0. The fourth-order valence-electron chi connectivity index (χ4n) is 2.44. The van der Waals surface area contributed by atoms with Crippen molar-refractivity contribution in [3.63, 3.8) is 0 Å². The van der Waals surface area contributed by atoms with Crippen molar-refractivity contribution in [2.75, 3.05) is 18.0 Å². The monoisotopic (exact) mass is 274 g/mol. The summed E-state index contributed by atoms with van der Waals surface area (Å²) in [6, 6.07) is 1.88. The number of nitrogens with one attached hydrogen (secondary N) is 1. The minimum Gasteiger partial charge on any atom is -0.381 e. The van der Waals surface area contributed by atoms with Crippen molar-refractivity contribution in [2.45, 2.75) is 31.8 Å². The molecule has 106 valence electrons. The van der Waals surface area contributed by atoms with E-state index in [1.54, 1.807) is 12.4 Å². The van der Waals surface area contributed by atoms with Gasteiger partial charge in [0.25, 0.3) is 0 Å². The Hall–Kier alpha value is -2.02. The number of aliphatic hydroxyl groups is 1. The normalized spacial score (nSPS) is 22.7. The maximum absolute atomic E-state index is 10.7. The molecule has 0 amide bonds. The van der Waals surface area contributed by atoms with Gasteiger partial charge in [0.2, 0.25) is 0 Å². The van der Waals surface area contributed by atoms with Crippen molar-refractivity contribution >= 4 is 5.82 Å². The van der Waals surface area contributed by atoms with Crippen LogP contribution >= 0.6 is 0 Å². The van der Waals surface area contributed by atoms with Gasteiger partial charge in [-0.05, 0) is 6.07 Å². The fourth-order valence-corrected chi connectivity index (χ4v) is 2.44. The van der Waals surface area contributed by atoms with Gasteiger partial charge >= 0.3 is 0 Å². The van der Waals surface area contributed by atoms with E-state index in [2.05, 4.69) is 44.1 Å². The summed E-state index contributed by atoms with van der Waals surface area (Å²) in [5.74, 6) is 1.95. The third-order valence-corrected chi connectivity index (χ3v) is 3.64. The molecule has 7 nitrogen and oxygen atoms in total. The molecule has 0 saturated carbocycles. The summed E-state index contributed by atoms with van der Waals surface area (Å²) in [5.41, 5.74) is -0.381. The number of aromatic nitrogens is 5. The van der Waals surface area contributed by atoms with Crippen LogP contribution < -0.4 is 4.90 Å². The Morgan fingerprint density at radius 2 is 2.30 bits per heavy atom. The molecule has 3 rings (SSSR count). The van der Waals surface area contributed by atoms with Gasteiger partial charge in [-0.1, -0.05) is 13.8 Å². The fraction of sp³-hybridized carbons (Fsp3) is 0.538. The van der Waals surface area contributed by atoms with Gasteiger partial charge in [0, 0.05) is 25.1 Å². The molecule has 3 heterocycles. The van der Waals surface area contributed by atoms with Crippen LogP contribution in [-0.2, 0) is 5.60 Å². The van der Waals surface area contributed by atoms with Crippen molar-refractivity contribution < 1.29 is 5.11 Å². The highest BCUT2D eigenvalue weighted by Crippen LogP contribution is 2.32. The maximum atomic E-state index is 10.7. The van der Waals surface area contributed by atoms with Gasteiger partial charge in [-0.2, -0.15) is 15.4 Å². The third-order valence-electron chi connectivity index (χ3n) is 3.64. The lowest BCUT2D eigenvalue weighted by Gasteiger charge is -2.22. The van der Waals surface area contributed by atoms with Crippen LogP contribution in [0.5, 0.6) is 0 Å². The molecule has 1 unspecified atom stereocenters. The van der Waals surface area contributed by atoms with Gasteiger partial charge in [0.15, 0.2) is 0 Å². The second kappa shape index (κ2) is 4.82. The van der Waals surface area contributed by atoms with E-state index < -0.39 is 5.60 Å². The first-order valence-electron chi connectivity index (χ1n) is 6.75. The molecule has 0 radical (unpaired) electrons. The third kappa shape index (κ3) is 2.24. The molecule has 0 aromatic carbocycles. The molecule has 7 heteroatoms. The average molecular weight is 274 g/mol. The zero-order valence-corrected chi connectivity index (χ0v) is 11.6. The minimum absolute atomic E-state index is 0.284. The van der Waals surface area contributed by atoms with Crippen LogP contribution in [0.3, 0.4) is 0 Å². The van der Waals surface area contributed by atoms with Crippen molar-refractivity contribution in [3.05, 3.63) is 30.0 Å². The summed E-state index contributed by atoms with van der Waals surface area (Å²) in [5, 5.41) is 21.0. The summed E-state index contributed by atoms with van der Waals surface area (Å²) in [7, 11) is 0. The number of β-amino-alcohol motifs (C(OH)–C–C–N with tert-alkyl or cyclic N) is 1. The van der Waals surface area contributed by atoms with Crippen molar-refractivity contribution in [1.82, 2.24) is 25.4 Å². The van der Waals surface area contributed by atoms with E-state index >= 15 is 0 Å². The van der Waals surface area contributed by atoms with E-state index in [-0.39, 0.29) is 5.92 Å². The predicted octanol–water partition coefficient (Wildman–Crippen LogP) is 0.816.